The number of ether oxygens (including phenoxy) is 2. The first-order valence-electron chi connectivity index (χ1n) is 11.6. The molecule has 6 nitrogen and oxygen atoms in total. The molecular formula is C25H36O6. The van der Waals surface area contributed by atoms with Gasteiger partial charge >= 0.3 is 5.97 Å². The van der Waals surface area contributed by atoms with Gasteiger partial charge in [0.25, 0.3) is 0 Å². The topological polar surface area (TPSA) is 93.1 Å². The number of Topliss-reactive ketones (excluding diaryl/α,β-unsaturated/α-hetero) is 1. The molecule has 4 aliphatic rings. The zero-order valence-electron chi connectivity index (χ0n) is 19.5. The predicted octanol–water partition coefficient (Wildman–Crippen LogP) is 3.11. The maximum Gasteiger partial charge on any atom is 0.331 e. The molecule has 0 aromatic heterocycles. The maximum atomic E-state index is 13.9. The lowest BCUT2D eigenvalue weighted by Crippen LogP contribution is -2.69. The van der Waals surface area contributed by atoms with Crippen molar-refractivity contribution < 1.29 is 29.3 Å². The summed E-state index contributed by atoms with van der Waals surface area (Å²) in [6.07, 6.45) is 4.85. The van der Waals surface area contributed by atoms with Gasteiger partial charge in [-0.05, 0) is 70.8 Å². The van der Waals surface area contributed by atoms with Gasteiger partial charge in [0.1, 0.15) is 23.4 Å². The molecule has 2 heterocycles. The number of carbonyl (C=O) groups excluding carboxylic acids is 2. The Morgan fingerprint density at radius 2 is 1.90 bits per heavy atom. The van der Waals surface area contributed by atoms with Crippen LogP contribution in [0.5, 0.6) is 0 Å². The van der Waals surface area contributed by atoms with Gasteiger partial charge in [-0.25, -0.2) is 4.79 Å². The summed E-state index contributed by atoms with van der Waals surface area (Å²) in [6, 6.07) is 0. The highest BCUT2D eigenvalue weighted by atomic mass is 16.6. The third-order valence-electron chi connectivity index (χ3n) is 8.64. The Kier molecular flexibility index (Phi) is 5.31. The highest BCUT2D eigenvalue weighted by Crippen LogP contribution is 2.62. The standard InChI is InChI=1S/C25H36O6/c1-13(2)11-19-25(29)16(5)17-8-7-15(4)24(17,28)22(27)21(25)23(6,31-19)10-9-18-14(3)12-20(26)30-18/h11-12,15-19,21,28-29H,7-10H2,1-6H3. The summed E-state index contributed by atoms with van der Waals surface area (Å²) in [7, 11) is 0. The molecular weight excluding hydrogens is 396 g/mol. The summed E-state index contributed by atoms with van der Waals surface area (Å²) in [5.41, 5.74) is -1.94. The molecule has 172 valence electrons. The normalized spacial score (nSPS) is 48.8. The third kappa shape index (κ3) is 3.09. The lowest BCUT2D eigenvalue weighted by atomic mass is 9.53. The van der Waals surface area contributed by atoms with Crippen molar-refractivity contribution in [1.82, 2.24) is 0 Å². The van der Waals surface area contributed by atoms with E-state index in [2.05, 4.69) is 0 Å². The number of ketones is 1. The zero-order valence-corrected chi connectivity index (χ0v) is 19.5. The minimum Gasteiger partial charge on any atom is -0.455 e. The third-order valence-corrected chi connectivity index (χ3v) is 8.64. The average Bonchev–Trinajstić information content (AvgIpc) is 3.23. The van der Waals surface area contributed by atoms with Crippen LogP contribution in [0.3, 0.4) is 0 Å². The molecule has 2 N–H and O–H groups in total. The van der Waals surface area contributed by atoms with Crippen molar-refractivity contribution in [3.05, 3.63) is 23.3 Å². The number of aliphatic hydroxyl groups is 2. The summed E-state index contributed by atoms with van der Waals surface area (Å²) >= 11 is 0. The van der Waals surface area contributed by atoms with Crippen molar-refractivity contribution in [2.45, 2.75) is 96.2 Å². The van der Waals surface area contributed by atoms with Crippen LogP contribution < -0.4 is 0 Å². The van der Waals surface area contributed by atoms with Crippen molar-refractivity contribution in [2.24, 2.45) is 23.7 Å². The van der Waals surface area contributed by atoms with E-state index >= 15 is 0 Å². The summed E-state index contributed by atoms with van der Waals surface area (Å²) in [5, 5.41) is 23.8. The number of rotatable bonds is 4. The quantitative estimate of drug-likeness (QED) is 0.524. The SMILES string of the molecule is CC(C)=CC1OC(C)(CCC2OC(=O)C=C2C)C2C(=O)C3(O)C(C)CCC3C(C)C12O. The second-order valence-electron chi connectivity index (χ2n) is 10.8. The molecule has 0 radical (unpaired) electrons. The molecule has 2 aliphatic carbocycles. The lowest BCUT2D eigenvalue weighted by Gasteiger charge is -2.53. The number of allylic oxidation sites excluding steroid dienone is 1. The fraction of sp³-hybridized carbons (Fsp3) is 0.760. The van der Waals surface area contributed by atoms with E-state index in [9.17, 15) is 19.8 Å². The van der Waals surface area contributed by atoms with E-state index in [1.807, 2.05) is 47.6 Å². The van der Waals surface area contributed by atoms with Gasteiger partial charge in [0.05, 0.1) is 11.5 Å². The highest BCUT2D eigenvalue weighted by molar-refractivity contribution is 5.94. The first-order valence-corrected chi connectivity index (χ1v) is 11.6. The predicted molar refractivity (Wildman–Crippen MR) is 115 cm³/mol. The molecule has 31 heavy (non-hydrogen) atoms. The Morgan fingerprint density at radius 3 is 2.48 bits per heavy atom. The van der Waals surface area contributed by atoms with Gasteiger partial charge in [-0.1, -0.05) is 25.5 Å². The monoisotopic (exact) mass is 432 g/mol. The van der Waals surface area contributed by atoms with Crippen molar-refractivity contribution in [3.8, 4) is 0 Å². The van der Waals surface area contributed by atoms with Crippen molar-refractivity contribution >= 4 is 11.8 Å². The van der Waals surface area contributed by atoms with Crippen molar-refractivity contribution in [1.29, 1.82) is 0 Å². The van der Waals surface area contributed by atoms with Gasteiger partial charge < -0.3 is 19.7 Å². The molecule has 6 heteroatoms. The van der Waals surface area contributed by atoms with Crippen LogP contribution in [-0.4, -0.2) is 51.0 Å². The van der Waals surface area contributed by atoms with Gasteiger partial charge in [0.2, 0.25) is 0 Å². The van der Waals surface area contributed by atoms with Crippen molar-refractivity contribution in [3.63, 3.8) is 0 Å². The van der Waals surface area contributed by atoms with E-state index in [-0.39, 0.29) is 35.6 Å². The smallest absolute Gasteiger partial charge is 0.331 e. The molecule has 2 aliphatic heterocycles. The number of fused-ring (bicyclic) bond motifs is 2. The molecule has 3 fully saturated rings. The summed E-state index contributed by atoms with van der Waals surface area (Å²) in [6.45, 7) is 11.5. The van der Waals surface area contributed by atoms with Gasteiger partial charge in [0.15, 0.2) is 5.78 Å². The van der Waals surface area contributed by atoms with E-state index < -0.39 is 28.8 Å². The lowest BCUT2D eigenvalue weighted by molar-refractivity contribution is -0.193. The average molecular weight is 433 g/mol. The fourth-order valence-corrected chi connectivity index (χ4v) is 6.88. The molecule has 4 rings (SSSR count). The molecule has 0 amide bonds. The number of esters is 1. The van der Waals surface area contributed by atoms with Crippen LogP contribution in [-0.2, 0) is 19.1 Å². The Bertz CT molecular complexity index is 856. The Morgan fingerprint density at radius 1 is 1.23 bits per heavy atom. The van der Waals surface area contributed by atoms with Gasteiger partial charge in [-0.15, -0.1) is 0 Å². The summed E-state index contributed by atoms with van der Waals surface area (Å²) < 4.78 is 11.9. The molecule has 0 bridgehead atoms. The second kappa shape index (κ2) is 7.26. The first-order chi connectivity index (χ1) is 14.4. The van der Waals surface area contributed by atoms with Gasteiger partial charge in [-0.3, -0.25) is 4.79 Å². The minimum absolute atomic E-state index is 0.148. The molecule has 2 saturated carbocycles. The Hall–Kier alpha value is -1.50. The summed E-state index contributed by atoms with van der Waals surface area (Å²) in [4.78, 5) is 25.5. The van der Waals surface area contributed by atoms with E-state index in [4.69, 9.17) is 9.47 Å². The highest BCUT2D eigenvalue weighted by Gasteiger charge is 2.75. The molecule has 9 atom stereocenters. The number of carbonyl (C=O) groups is 2. The number of cyclic esters (lactones) is 1. The van der Waals surface area contributed by atoms with E-state index in [1.165, 1.54) is 6.08 Å². The zero-order chi connectivity index (χ0) is 22.9. The van der Waals surface area contributed by atoms with Crippen LogP contribution in [0.25, 0.3) is 0 Å². The summed E-state index contributed by atoms with van der Waals surface area (Å²) in [5.74, 6) is -2.21. The van der Waals surface area contributed by atoms with Crippen LogP contribution in [0.15, 0.2) is 23.3 Å². The second-order valence-corrected chi connectivity index (χ2v) is 10.8. The van der Waals surface area contributed by atoms with Gasteiger partial charge in [-0.2, -0.15) is 0 Å². The van der Waals surface area contributed by atoms with Crippen LogP contribution >= 0.6 is 0 Å². The number of hydrogen-bond donors (Lipinski definition) is 2. The van der Waals surface area contributed by atoms with Crippen LogP contribution in [0.1, 0.15) is 67.2 Å². The maximum absolute atomic E-state index is 13.9. The van der Waals surface area contributed by atoms with Crippen LogP contribution in [0.4, 0.5) is 0 Å². The molecule has 0 aromatic rings. The van der Waals surface area contributed by atoms with E-state index in [1.54, 1.807) is 0 Å². The molecule has 0 aromatic carbocycles. The van der Waals surface area contributed by atoms with Crippen LogP contribution in [0, 0.1) is 23.7 Å². The van der Waals surface area contributed by atoms with Gasteiger partial charge in [0, 0.05) is 12.0 Å². The Balaban J connectivity index is 1.73. The first kappa shape index (κ1) is 22.7. The largest absolute Gasteiger partial charge is 0.455 e. The van der Waals surface area contributed by atoms with E-state index in [0.717, 1.165) is 24.0 Å². The van der Waals surface area contributed by atoms with Crippen molar-refractivity contribution in [2.75, 3.05) is 0 Å². The molecule has 0 spiro atoms. The Labute approximate surface area is 184 Å². The van der Waals surface area contributed by atoms with E-state index in [0.29, 0.717) is 12.8 Å². The fourth-order valence-electron chi connectivity index (χ4n) is 6.88. The molecule has 1 saturated heterocycles. The van der Waals surface area contributed by atoms with Crippen LogP contribution in [0.2, 0.25) is 0 Å². The minimum atomic E-state index is -1.43. The molecule has 9 unspecified atom stereocenters. The number of hydrogen-bond acceptors (Lipinski definition) is 6.